The lowest BCUT2D eigenvalue weighted by molar-refractivity contribution is 0.627. The minimum atomic E-state index is -0.296. The number of hydrogen-bond donors (Lipinski definition) is 1. The Morgan fingerprint density at radius 3 is 2.60 bits per heavy atom. The highest BCUT2D eigenvalue weighted by Gasteiger charge is 2.15. The number of halogens is 1. The molecular weight excluding hydrogens is 257 g/mol. The summed E-state index contributed by atoms with van der Waals surface area (Å²) in [5.74, 6) is -0.296. The molecule has 5 nitrogen and oxygen atoms in total. The number of aromatic nitrogens is 4. The molecule has 0 saturated heterocycles. The lowest BCUT2D eigenvalue weighted by Crippen LogP contribution is -2.02. The second kappa shape index (κ2) is 5.18. The zero-order valence-electron chi connectivity index (χ0n) is 10.6. The van der Waals surface area contributed by atoms with Gasteiger partial charge in [0, 0.05) is 24.5 Å². The fraction of sp³-hybridized carbons (Fsp3) is 0.0714. The molecule has 3 aromatic rings. The van der Waals surface area contributed by atoms with E-state index in [0.717, 1.165) is 16.9 Å². The molecule has 3 rings (SSSR count). The number of pyridine rings is 1. The molecule has 0 atom stereocenters. The highest BCUT2D eigenvalue weighted by Crippen LogP contribution is 2.24. The Labute approximate surface area is 114 Å². The van der Waals surface area contributed by atoms with Crippen LogP contribution in [0.5, 0.6) is 0 Å². The van der Waals surface area contributed by atoms with Crippen LogP contribution in [0.3, 0.4) is 0 Å². The zero-order valence-corrected chi connectivity index (χ0v) is 10.6. The maximum Gasteiger partial charge on any atom is 0.123 e. The summed E-state index contributed by atoms with van der Waals surface area (Å²) < 4.78 is 14.7. The van der Waals surface area contributed by atoms with E-state index in [1.807, 2.05) is 12.1 Å². The summed E-state index contributed by atoms with van der Waals surface area (Å²) in [7, 11) is 0. The van der Waals surface area contributed by atoms with E-state index in [2.05, 4.69) is 15.3 Å². The summed E-state index contributed by atoms with van der Waals surface area (Å²) in [6.07, 6.45) is 3.41. The van der Waals surface area contributed by atoms with Crippen molar-refractivity contribution in [2.75, 3.05) is 0 Å². The van der Waals surface area contributed by atoms with Gasteiger partial charge in [-0.1, -0.05) is 5.21 Å². The van der Waals surface area contributed by atoms with E-state index in [1.54, 1.807) is 29.2 Å². The molecule has 20 heavy (non-hydrogen) atoms. The third kappa shape index (κ3) is 2.17. The van der Waals surface area contributed by atoms with Crippen LogP contribution in [0.1, 0.15) is 5.69 Å². The molecule has 0 aliphatic rings. The third-order valence-corrected chi connectivity index (χ3v) is 2.94. The third-order valence-electron chi connectivity index (χ3n) is 2.94. The van der Waals surface area contributed by atoms with Crippen molar-refractivity contribution in [3.05, 3.63) is 60.3 Å². The summed E-state index contributed by atoms with van der Waals surface area (Å²) in [4.78, 5) is 4.10. The molecule has 0 aliphatic heterocycles. The normalized spacial score (nSPS) is 10.7. The van der Waals surface area contributed by atoms with Crippen molar-refractivity contribution in [2.45, 2.75) is 6.54 Å². The molecule has 1 aromatic carbocycles. The van der Waals surface area contributed by atoms with E-state index < -0.39 is 0 Å². The molecule has 0 aliphatic carbocycles. The van der Waals surface area contributed by atoms with Crippen LogP contribution in [0.4, 0.5) is 4.39 Å². The van der Waals surface area contributed by atoms with Crippen molar-refractivity contribution in [2.24, 2.45) is 5.73 Å². The van der Waals surface area contributed by atoms with Gasteiger partial charge in [-0.15, -0.1) is 5.10 Å². The minimum absolute atomic E-state index is 0.269. The molecule has 6 heteroatoms. The Kier molecular flexibility index (Phi) is 3.22. The number of nitrogens with two attached hydrogens (primary N) is 1. The van der Waals surface area contributed by atoms with Gasteiger partial charge < -0.3 is 5.73 Å². The van der Waals surface area contributed by atoms with Gasteiger partial charge in [0.05, 0.1) is 5.69 Å². The van der Waals surface area contributed by atoms with Crippen LogP contribution in [0.2, 0.25) is 0 Å². The first-order valence-corrected chi connectivity index (χ1v) is 6.10. The van der Waals surface area contributed by atoms with Crippen LogP contribution in [0.15, 0.2) is 48.8 Å². The van der Waals surface area contributed by atoms with Crippen LogP contribution in [0.25, 0.3) is 16.9 Å². The molecule has 0 saturated carbocycles. The smallest absolute Gasteiger partial charge is 0.123 e. The van der Waals surface area contributed by atoms with Crippen molar-refractivity contribution in [3.8, 4) is 16.9 Å². The van der Waals surface area contributed by atoms with Crippen LogP contribution in [0, 0.1) is 5.82 Å². The van der Waals surface area contributed by atoms with Crippen LogP contribution < -0.4 is 5.73 Å². The summed E-state index contributed by atoms with van der Waals surface area (Å²) in [5.41, 5.74) is 8.73. The van der Waals surface area contributed by atoms with Gasteiger partial charge in [0.2, 0.25) is 0 Å². The van der Waals surface area contributed by atoms with E-state index in [9.17, 15) is 4.39 Å². The van der Waals surface area contributed by atoms with E-state index >= 15 is 0 Å². The summed E-state index contributed by atoms with van der Waals surface area (Å²) >= 11 is 0. The molecule has 0 bridgehead atoms. The fourth-order valence-corrected chi connectivity index (χ4v) is 2.01. The standard InChI is InChI=1S/C14H12FN5/c15-11-3-5-12(6-4-11)20-14(13(8-16)18-19-20)10-2-1-7-17-9-10/h1-7,9H,8,16H2. The predicted octanol–water partition coefficient (Wildman–Crippen LogP) is 1.93. The van der Waals surface area contributed by atoms with Crippen molar-refractivity contribution in [1.82, 2.24) is 20.0 Å². The van der Waals surface area contributed by atoms with Crippen molar-refractivity contribution >= 4 is 0 Å². The van der Waals surface area contributed by atoms with Gasteiger partial charge in [-0.05, 0) is 36.4 Å². The van der Waals surface area contributed by atoms with E-state index in [-0.39, 0.29) is 12.4 Å². The lowest BCUT2D eigenvalue weighted by atomic mass is 10.1. The quantitative estimate of drug-likeness (QED) is 0.788. The van der Waals surface area contributed by atoms with Crippen molar-refractivity contribution in [3.63, 3.8) is 0 Å². The first-order valence-electron chi connectivity index (χ1n) is 6.10. The second-order valence-corrected chi connectivity index (χ2v) is 4.22. The SMILES string of the molecule is NCc1nnn(-c2ccc(F)cc2)c1-c1cccnc1. The highest BCUT2D eigenvalue weighted by molar-refractivity contribution is 5.63. The van der Waals surface area contributed by atoms with Crippen LogP contribution in [-0.2, 0) is 6.54 Å². The maximum atomic E-state index is 13.0. The Balaban J connectivity index is 2.17. The summed E-state index contributed by atoms with van der Waals surface area (Å²) in [5, 5.41) is 8.18. The topological polar surface area (TPSA) is 69.6 Å². The molecule has 0 spiro atoms. The van der Waals surface area contributed by atoms with Gasteiger partial charge in [0.15, 0.2) is 0 Å². The first-order chi connectivity index (χ1) is 9.79. The summed E-state index contributed by atoms with van der Waals surface area (Å²) in [6, 6.07) is 9.79. The van der Waals surface area contributed by atoms with Crippen molar-refractivity contribution in [1.29, 1.82) is 0 Å². The van der Waals surface area contributed by atoms with Gasteiger partial charge in [0.1, 0.15) is 17.2 Å². The van der Waals surface area contributed by atoms with Gasteiger partial charge in [0.25, 0.3) is 0 Å². The summed E-state index contributed by atoms with van der Waals surface area (Å²) in [6.45, 7) is 0.269. The van der Waals surface area contributed by atoms with Gasteiger partial charge in [-0.3, -0.25) is 4.98 Å². The molecular formula is C14H12FN5. The molecule has 2 aromatic heterocycles. The van der Waals surface area contributed by atoms with E-state index in [4.69, 9.17) is 5.73 Å². The first kappa shape index (κ1) is 12.4. The Morgan fingerprint density at radius 2 is 1.95 bits per heavy atom. The number of hydrogen-bond acceptors (Lipinski definition) is 4. The lowest BCUT2D eigenvalue weighted by Gasteiger charge is -2.07. The maximum absolute atomic E-state index is 13.0. The molecule has 0 fully saturated rings. The van der Waals surface area contributed by atoms with Crippen LogP contribution in [-0.4, -0.2) is 20.0 Å². The average molecular weight is 269 g/mol. The molecule has 100 valence electrons. The molecule has 2 heterocycles. The van der Waals surface area contributed by atoms with Gasteiger partial charge in [-0.25, -0.2) is 9.07 Å². The number of benzene rings is 1. The molecule has 0 amide bonds. The zero-order chi connectivity index (χ0) is 13.9. The Hall–Kier alpha value is -2.60. The fourth-order valence-electron chi connectivity index (χ4n) is 2.01. The van der Waals surface area contributed by atoms with Gasteiger partial charge in [-0.2, -0.15) is 0 Å². The molecule has 0 unspecified atom stereocenters. The van der Waals surface area contributed by atoms with E-state index in [1.165, 1.54) is 12.1 Å². The minimum Gasteiger partial charge on any atom is -0.325 e. The number of nitrogens with zero attached hydrogens (tertiary/aromatic N) is 4. The van der Waals surface area contributed by atoms with E-state index in [0.29, 0.717) is 5.69 Å². The number of rotatable bonds is 3. The largest absolute Gasteiger partial charge is 0.325 e. The Morgan fingerprint density at radius 1 is 1.15 bits per heavy atom. The Bertz CT molecular complexity index is 706. The van der Waals surface area contributed by atoms with Crippen LogP contribution >= 0.6 is 0 Å². The van der Waals surface area contributed by atoms with Gasteiger partial charge >= 0.3 is 0 Å². The average Bonchev–Trinajstić information content (AvgIpc) is 2.93. The predicted molar refractivity (Wildman–Crippen MR) is 72.4 cm³/mol. The van der Waals surface area contributed by atoms with Crippen molar-refractivity contribution < 1.29 is 4.39 Å². The molecule has 0 radical (unpaired) electrons. The second-order valence-electron chi connectivity index (χ2n) is 4.22. The monoisotopic (exact) mass is 269 g/mol. The highest BCUT2D eigenvalue weighted by atomic mass is 19.1. The molecule has 2 N–H and O–H groups in total.